The summed E-state index contributed by atoms with van der Waals surface area (Å²) in [5.41, 5.74) is 0.406. The van der Waals surface area contributed by atoms with Crippen LogP contribution in [0, 0.1) is 0 Å². The molecule has 1 saturated carbocycles. The number of furan rings is 1. The maximum atomic E-state index is 13.1. The zero-order valence-corrected chi connectivity index (χ0v) is 14.4. The summed E-state index contributed by atoms with van der Waals surface area (Å²) in [5, 5.41) is 14.0. The molecule has 140 valence electrons. The Balaban J connectivity index is 1.84. The third-order valence-corrected chi connectivity index (χ3v) is 4.84. The lowest BCUT2D eigenvalue weighted by Gasteiger charge is -2.26. The minimum atomic E-state index is -4.46. The average molecular weight is 373 g/mol. The van der Waals surface area contributed by atoms with Gasteiger partial charge in [-0.2, -0.15) is 13.2 Å². The lowest BCUT2D eigenvalue weighted by atomic mass is 9.93. The van der Waals surface area contributed by atoms with E-state index in [-0.39, 0.29) is 28.7 Å². The molecule has 1 fully saturated rings. The molecule has 0 aliphatic heterocycles. The number of hydrogen-bond acceptors (Lipinski definition) is 3. The summed E-state index contributed by atoms with van der Waals surface area (Å²) in [7, 11) is 0. The first-order chi connectivity index (χ1) is 12.9. The minimum absolute atomic E-state index is 0.164. The van der Waals surface area contributed by atoms with Crippen molar-refractivity contribution in [2.45, 2.75) is 31.5 Å². The van der Waals surface area contributed by atoms with Crippen LogP contribution >= 0.6 is 0 Å². The highest BCUT2D eigenvalue weighted by molar-refractivity contribution is 5.87. The van der Waals surface area contributed by atoms with Crippen LogP contribution in [0.3, 0.4) is 0 Å². The van der Waals surface area contributed by atoms with Crippen molar-refractivity contribution in [2.75, 3.05) is 5.32 Å². The summed E-state index contributed by atoms with van der Waals surface area (Å²) in [4.78, 5) is 0. The maximum Gasteiger partial charge on any atom is 0.416 e. The summed E-state index contributed by atoms with van der Waals surface area (Å²) < 4.78 is 45.3. The molecule has 0 saturated heterocycles. The van der Waals surface area contributed by atoms with Gasteiger partial charge in [0.15, 0.2) is 11.5 Å². The summed E-state index contributed by atoms with van der Waals surface area (Å²) >= 11 is 0. The molecule has 27 heavy (non-hydrogen) atoms. The van der Waals surface area contributed by atoms with Crippen molar-refractivity contribution in [3.63, 3.8) is 0 Å². The van der Waals surface area contributed by atoms with Crippen LogP contribution in [0.2, 0.25) is 0 Å². The summed E-state index contributed by atoms with van der Waals surface area (Å²) in [5.74, 6) is 0.377. The van der Waals surface area contributed by atoms with Crippen LogP contribution in [0.1, 0.15) is 24.8 Å². The van der Waals surface area contributed by atoms with Gasteiger partial charge in [0.25, 0.3) is 0 Å². The van der Waals surface area contributed by atoms with Gasteiger partial charge in [-0.15, -0.1) is 0 Å². The van der Waals surface area contributed by atoms with Crippen molar-refractivity contribution in [3.05, 3.63) is 60.2 Å². The molecule has 0 radical (unpaired) electrons. The van der Waals surface area contributed by atoms with Crippen molar-refractivity contribution in [2.24, 2.45) is 0 Å². The predicted octanol–water partition coefficient (Wildman–Crippen LogP) is 6.30. The van der Waals surface area contributed by atoms with E-state index in [9.17, 15) is 18.3 Å². The zero-order chi connectivity index (χ0) is 19.0. The van der Waals surface area contributed by atoms with Gasteiger partial charge in [0.05, 0.1) is 11.1 Å². The molecular weight excluding hydrogens is 355 g/mol. The number of aromatic hydroxyl groups is 1. The first kappa shape index (κ1) is 17.5. The molecule has 0 spiro atoms. The molecule has 6 heteroatoms. The molecular formula is C21H18F3NO2. The van der Waals surface area contributed by atoms with E-state index in [0.29, 0.717) is 11.4 Å². The van der Waals surface area contributed by atoms with E-state index in [0.717, 1.165) is 31.4 Å². The molecule has 1 aliphatic carbocycles. The number of alkyl halides is 3. The van der Waals surface area contributed by atoms with Crippen LogP contribution in [-0.2, 0) is 6.18 Å². The molecule has 0 amide bonds. The summed E-state index contributed by atoms with van der Waals surface area (Å²) in [6, 6.07) is 14.1. The molecule has 0 unspecified atom stereocenters. The normalized spacial score (nSPS) is 14.8. The highest BCUT2D eigenvalue weighted by atomic mass is 19.4. The van der Waals surface area contributed by atoms with Gasteiger partial charge in [-0.05, 0) is 37.0 Å². The monoisotopic (exact) mass is 373 g/mol. The Morgan fingerprint density at radius 2 is 1.67 bits per heavy atom. The maximum absolute atomic E-state index is 13.1. The smallest absolute Gasteiger partial charge is 0.416 e. The SMILES string of the molecule is Oc1c(-c2ccccc2)oc(NC2CCC2)c1-c1cccc(C(F)(F)F)c1. The van der Waals surface area contributed by atoms with Crippen molar-refractivity contribution in [3.8, 4) is 28.2 Å². The Morgan fingerprint density at radius 1 is 0.963 bits per heavy atom. The third kappa shape index (κ3) is 3.39. The molecule has 1 heterocycles. The topological polar surface area (TPSA) is 45.4 Å². The van der Waals surface area contributed by atoms with E-state index < -0.39 is 11.7 Å². The fourth-order valence-corrected chi connectivity index (χ4v) is 3.17. The van der Waals surface area contributed by atoms with Crippen LogP contribution in [0.25, 0.3) is 22.5 Å². The van der Waals surface area contributed by atoms with Gasteiger partial charge < -0.3 is 14.8 Å². The quantitative estimate of drug-likeness (QED) is 0.564. The van der Waals surface area contributed by atoms with E-state index in [4.69, 9.17) is 4.42 Å². The van der Waals surface area contributed by atoms with Gasteiger partial charge in [-0.1, -0.05) is 42.5 Å². The van der Waals surface area contributed by atoms with Gasteiger partial charge in [0.1, 0.15) is 0 Å². The number of hydrogen-bond donors (Lipinski definition) is 2. The van der Waals surface area contributed by atoms with E-state index in [1.54, 1.807) is 30.3 Å². The lowest BCUT2D eigenvalue weighted by Crippen LogP contribution is -2.26. The first-order valence-electron chi connectivity index (χ1n) is 8.79. The number of benzene rings is 2. The largest absolute Gasteiger partial charge is 0.504 e. The molecule has 1 aromatic heterocycles. The minimum Gasteiger partial charge on any atom is -0.504 e. The highest BCUT2D eigenvalue weighted by Gasteiger charge is 2.32. The molecule has 1 aliphatic rings. The molecule has 0 bridgehead atoms. The fourth-order valence-electron chi connectivity index (χ4n) is 3.17. The zero-order valence-electron chi connectivity index (χ0n) is 14.4. The molecule has 0 atom stereocenters. The second kappa shape index (κ2) is 6.68. The van der Waals surface area contributed by atoms with Gasteiger partial charge in [-0.25, -0.2) is 0 Å². The van der Waals surface area contributed by atoms with Gasteiger partial charge >= 0.3 is 6.18 Å². The number of halogens is 3. The molecule has 2 N–H and O–H groups in total. The summed E-state index contributed by atoms with van der Waals surface area (Å²) in [6.07, 6.45) is -1.44. The Labute approximate surface area is 154 Å². The molecule has 2 aromatic carbocycles. The lowest BCUT2D eigenvalue weighted by molar-refractivity contribution is -0.137. The summed E-state index contributed by atoms with van der Waals surface area (Å²) in [6.45, 7) is 0. The fraction of sp³-hybridized carbons (Fsp3) is 0.238. The number of rotatable bonds is 4. The van der Waals surface area contributed by atoms with Crippen LogP contribution in [0.5, 0.6) is 5.75 Å². The van der Waals surface area contributed by atoms with Crippen LogP contribution in [0.15, 0.2) is 59.0 Å². The second-order valence-electron chi connectivity index (χ2n) is 6.70. The molecule has 3 nitrogen and oxygen atoms in total. The predicted molar refractivity (Wildman–Crippen MR) is 97.5 cm³/mol. The van der Waals surface area contributed by atoms with E-state index in [1.807, 2.05) is 6.07 Å². The van der Waals surface area contributed by atoms with Crippen LogP contribution < -0.4 is 5.32 Å². The molecule has 4 rings (SSSR count). The van der Waals surface area contributed by atoms with Gasteiger partial charge in [0, 0.05) is 11.6 Å². The second-order valence-corrected chi connectivity index (χ2v) is 6.70. The van der Waals surface area contributed by atoms with Gasteiger partial charge in [0.2, 0.25) is 5.88 Å². The van der Waals surface area contributed by atoms with Crippen molar-refractivity contribution >= 4 is 5.88 Å². The average Bonchev–Trinajstić information content (AvgIpc) is 2.94. The van der Waals surface area contributed by atoms with Crippen molar-refractivity contribution < 1.29 is 22.7 Å². The van der Waals surface area contributed by atoms with E-state index in [1.165, 1.54) is 6.07 Å². The van der Waals surface area contributed by atoms with E-state index in [2.05, 4.69) is 5.32 Å². The van der Waals surface area contributed by atoms with Crippen LogP contribution in [-0.4, -0.2) is 11.1 Å². The Hall–Kier alpha value is -2.89. The highest BCUT2D eigenvalue weighted by Crippen LogP contribution is 2.47. The number of anilines is 1. The molecule has 3 aromatic rings. The van der Waals surface area contributed by atoms with Gasteiger partial charge in [-0.3, -0.25) is 0 Å². The van der Waals surface area contributed by atoms with Crippen LogP contribution in [0.4, 0.5) is 19.1 Å². The number of nitrogens with one attached hydrogen (secondary N) is 1. The van der Waals surface area contributed by atoms with E-state index >= 15 is 0 Å². The standard InChI is InChI=1S/C21H18F3NO2/c22-21(23,24)15-9-4-8-14(12-15)17-18(26)19(13-6-2-1-3-7-13)27-20(17)25-16-10-5-11-16/h1-4,6-9,12,16,25-26H,5,10-11H2. The van der Waals surface area contributed by atoms with Crippen molar-refractivity contribution in [1.29, 1.82) is 0 Å². The Bertz CT molecular complexity index is 944. The Kier molecular flexibility index (Phi) is 4.34. The third-order valence-electron chi connectivity index (χ3n) is 4.84. The Morgan fingerprint density at radius 3 is 2.30 bits per heavy atom. The first-order valence-corrected chi connectivity index (χ1v) is 8.79. The van der Waals surface area contributed by atoms with Crippen molar-refractivity contribution in [1.82, 2.24) is 0 Å².